The SMILES string of the molecule is O=C(CC1(O)C(=O)N(Cc2cccc3ccccc23)c2ccc(Cl)cc21)c1ccc(-c2ccccc2)cc1. The molecule has 4 nitrogen and oxygen atoms in total. The summed E-state index contributed by atoms with van der Waals surface area (Å²) in [5.41, 5.74) is 2.30. The average Bonchev–Trinajstić information content (AvgIpc) is 3.15. The molecule has 0 aliphatic carbocycles. The molecule has 0 spiro atoms. The molecule has 1 N–H and O–H groups in total. The Balaban J connectivity index is 1.32. The van der Waals surface area contributed by atoms with E-state index in [1.54, 1.807) is 35.2 Å². The maximum absolute atomic E-state index is 13.8. The normalized spacial score (nSPS) is 16.6. The second-order valence-corrected chi connectivity index (χ2v) is 10.0. The van der Waals surface area contributed by atoms with Crippen LogP contribution in [0.25, 0.3) is 21.9 Å². The third kappa shape index (κ3) is 4.18. The second kappa shape index (κ2) is 9.56. The highest BCUT2D eigenvalue weighted by atomic mass is 35.5. The van der Waals surface area contributed by atoms with Gasteiger partial charge in [0.2, 0.25) is 0 Å². The zero-order valence-corrected chi connectivity index (χ0v) is 21.2. The molecule has 1 aliphatic rings. The van der Waals surface area contributed by atoms with Crippen LogP contribution in [-0.2, 0) is 16.9 Å². The van der Waals surface area contributed by atoms with Crippen LogP contribution < -0.4 is 4.90 Å². The van der Waals surface area contributed by atoms with Gasteiger partial charge in [-0.1, -0.05) is 109 Å². The van der Waals surface area contributed by atoms with Crippen LogP contribution in [0.15, 0.2) is 115 Å². The molecule has 0 aromatic heterocycles. The fraction of sp³-hybridized carbons (Fsp3) is 0.0909. The van der Waals surface area contributed by atoms with Crippen LogP contribution in [-0.4, -0.2) is 16.8 Å². The van der Waals surface area contributed by atoms with Crippen LogP contribution in [0.1, 0.15) is 27.9 Å². The average molecular weight is 518 g/mol. The first-order valence-corrected chi connectivity index (χ1v) is 12.8. The summed E-state index contributed by atoms with van der Waals surface area (Å²) < 4.78 is 0. The van der Waals surface area contributed by atoms with Crippen LogP contribution in [0.3, 0.4) is 0 Å². The lowest BCUT2D eigenvalue weighted by atomic mass is 9.88. The molecule has 1 aliphatic heterocycles. The number of rotatable bonds is 6. The number of halogens is 1. The minimum absolute atomic E-state index is 0.261. The van der Waals surface area contributed by atoms with Crippen molar-refractivity contribution < 1.29 is 14.7 Å². The maximum Gasteiger partial charge on any atom is 0.264 e. The summed E-state index contributed by atoms with van der Waals surface area (Å²) in [4.78, 5) is 28.7. The van der Waals surface area contributed by atoms with E-state index < -0.39 is 11.5 Å². The number of aliphatic hydroxyl groups is 1. The molecule has 38 heavy (non-hydrogen) atoms. The van der Waals surface area contributed by atoms with Crippen molar-refractivity contribution in [2.75, 3.05) is 4.90 Å². The number of carbonyl (C=O) groups excluding carboxylic acids is 2. The quantitative estimate of drug-likeness (QED) is 0.243. The van der Waals surface area contributed by atoms with E-state index >= 15 is 0 Å². The lowest BCUT2D eigenvalue weighted by molar-refractivity contribution is -0.136. The summed E-state index contributed by atoms with van der Waals surface area (Å²) in [6.45, 7) is 0.261. The van der Waals surface area contributed by atoms with Crippen molar-refractivity contribution in [1.82, 2.24) is 0 Å². The maximum atomic E-state index is 13.8. The number of nitrogens with zero attached hydrogens (tertiary/aromatic N) is 1. The Hall–Kier alpha value is -4.25. The van der Waals surface area contributed by atoms with Gasteiger partial charge in [-0.05, 0) is 45.7 Å². The van der Waals surface area contributed by atoms with Gasteiger partial charge in [-0.15, -0.1) is 0 Å². The van der Waals surface area contributed by atoms with Crippen LogP contribution in [0, 0.1) is 0 Å². The number of fused-ring (bicyclic) bond motifs is 2. The lowest BCUT2D eigenvalue weighted by Gasteiger charge is -2.23. The van der Waals surface area contributed by atoms with E-state index in [0.29, 0.717) is 21.8 Å². The number of amides is 1. The number of hydrogen-bond donors (Lipinski definition) is 1. The molecule has 0 saturated heterocycles. The number of benzene rings is 5. The van der Waals surface area contributed by atoms with Crippen molar-refractivity contribution in [3.05, 3.63) is 137 Å². The van der Waals surface area contributed by atoms with Gasteiger partial charge >= 0.3 is 0 Å². The fourth-order valence-corrected chi connectivity index (χ4v) is 5.44. The number of hydrogen-bond acceptors (Lipinski definition) is 3. The van der Waals surface area contributed by atoms with E-state index in [0.717, 1.165) is 27.5 Å². The number of anilines is 1. The molecule has 5 heteroatoms. The van der Waals surface area contributed by atoms with Crippen molar-refractivity contribution in [1.29, 1.82) is 0 Å². The van der Waals surface area contributed by atoms with Gasteiger partial charge in [-0.25, -0.2) is 0 Å². The molecule has 1 amide bonds. The Kier molecular flexibility index (Phi) is 6.07. The van der Waals surface area contributed by atoms with Gasteiger partial charge < -0.3 is 10.0 Å². The van der Waals surface area contributed by atoms with Gasteiger partial charge in [0, 0.05) is 16.1 Å². The van der Waals surface area contributed by atoms with Gasteiger partial charge in [0.05, 0.1) is 18.7 Å². The summed E-state index contributed by atoms with van der Waals surface area (Å²) in [5.74, 6) is -0.852. The highest BCUT2D eigenvalue weighted by Crippen LogP contribution is 2.45. The van der Waals surface area contributed by atoms with Gasteiger partial charge in [-0.2, -0.15) is 0 Å². The standard InChI is InChI=1S/C33H24ClNO3/c34-27-17-18-30-29(19-27)33(38,20-31(36)25-15-13-23(14-16-25)22-7-2-1-3-8-22)32(37)35(30)21-26-11-6-10-24-9-4-5-12-28(24)26/h1-19,38H,20-21H2. The van der Waals surface area contributed by atoms with Crippen LogP contribution in [0.2, 0.25) is 5.02 Å². The van der Waals surface area contributed by atoms with Crippen molar-refractivity contribution in [2.45, 2.75) is 18.6 Å². The first-order valence-electron chi connectivity index (χ1n) is 12.4. The van der Waals surface area contributed by atoms with Crippen LogP contribution >= 0.6 is 11.6 Å². The molecule has 5 aromatic carbocycles. The Morgan fingerprint density at radius 3 is 2.26 bits per heavy atom. The van der Waals surface area contributed by atoms with Crippen LogP contribution in [0.5, 0.6) is 0 Å². The number of ketones is 1. The molecular weight excluding hydrogens is 494 g/mol. The summed E-state index contributed by atoms with van der Waals surface area (Å²) in [5, 5.41) is 14.3. The largest absolute Gasteiger partial charge is 0.375 e. The van der Waals surface area contributed by atoms with Crippen LogP contribution in [0.4, 0.5) is 5.69 Å². The van der Waals surface area contributed by atoms with E-state index in [4.69, 9.17) is 11.6 Å². The lowest BCUT2D eigenvalue weighted by Crippen LogP contribution is -2.41. The van der Waals surface area contributed by atoms with E-state index in [9.17, 15) is 14.7 Å². The van der Waals surface area contributed by atoms with Gasteiger partial charge in [0.1, 0.15) is 0 Å². The first-order chi connectivity index (χ1) is 18.4. The Labute approximate surface area is 225 Å². The third-order valence-electron chi connectivity index (χ3n) is 7.23. The molecule has 0 fully saturated rings. The smallest absolute Gasteiger partial charge is 0.264 e. The molecule has 1 heterocycles. The van der Waals surface area contributed by atoms with E-state index in [-0.39, 0.29) is 18.7 Å². The Morgan fingerprint density at radius 2 is 1.47 bits per heavy atom. The Morgan fingerprint density at radius 1 is 0.789 bits per heavy atom. The van der Waals surface area contributed by atoms with Crippen molar-refractivity contribution in [3.8, 4) is 11.1 Å². The first kappa shape index (κ1) is 24.1. The highest BCUT2D eigenvalue weighted by Gasteiger charge is 2.51. The van der Waals surface area contributed by atoms with Crippen molar-refractivity contribution in [2.24, 2.45) is 0 Å². The highest BCUT2D eigenvalue weighted by molar-refractivity contribution is 6.31. The summed E-state index contributed by atoms with van der Waals surface area (Å²) in [6.07, 6.45) is -0.379. The van der Waals surface area contributed by atoms with E-state index in [1.165, 1.54) is 0 Å². The predicted molar refractivity (Wildman–Crippen MR) is 151 cm³/mol. The molecule has 0 radical (unpaired) electrons. The monoisotopic (exact) mass is 517 g/mol. The summed E-state index contributed by atoms with van der Waals surface area (Å²) >= 11 is 6.29. The topological polar surface area (TPSA) is 57.6 Å². The zero-order chi connectivity index (χ0) is 26.3. The Bertz CT molecular complexity index is 1680. The number of Topliss-reactive ketones (excluding diaryl/α,β-unsaturated/α-hetero) is 1. The fourth-order valence-electron chi connectivity index (χ4n) is 5.26. The third-order valence-corrected chi connectivity index (χ3v) is 7.47. The molecular formula is C33H24ClNO3. The van der Waals surface area contributed by atoms with Gasteiger partial charge in [0.15, 0.2) is 11.4 Å². The molecule has 0 bridgehead atoms. The number of carbonyl (C=O) groups is 2. The minimum Gasteiger partial charge on any atom is -0.375 e. The molecule has 5 aromatic rings. The van der Waals surface area contributed by atoms with Crippen molar-refractivity contribution >= 4 is 39.8 Å². The minimum atomic E-state index is -2.01. The molecule has 186 valence electrons. The van der Waals surface area contributed by atoms with Gasteiger partial charge in [0.25, 0.3) is 5.91 Å². The molecule has 1 atom stereocenters. The zero-order valence-electron chi connectivity index (χ0n) is 20.5. The molecule has 6 rings (SSSR count). The molecule has 0 saturated carbocycles. The summed E-state index contributed by atoms with van der Waals surface area (Å²) in [6, 6.07) is 36.0. The second-order valence-electron chi connectivity index (χ2n) is 9.59. The van der Waals surface area contributed by atoms with Gasteiger partial charge in [-0.3, -0.25) is 9.59 Å². The molecule has 1 unspecified atom stereocenters. The predicted octanol–water partition coefficient (Wildman–Crippen LogP) is 7.17. The van der Waals surface area contributed by atoms with E-state index in [2.05, 4.69) is 0 Å². The van der Waals surface area contributed by atoms with E-state index in [1.807, 2.05) is 84.9 Å². The van der Waals surface area contributed by atoms with Crippen molar-refractivity contribution in [3.63, 3.8) is 0 Å². The summed E-state index contributed by atoms with van der Waals surface area (Å²) in [7, 11) is 0.